The molecular weight excluding hydrogens is 412 g/mol. The molecule has 152 valence electrons. The van der Waals surface area contributed by atoms with Crippen LogP contribution < -0.4 is 5.69 Å². The number of imidazole rings is 2. The quantitative estimate of drug-likeness (QED) is 0.432. The highest BCUT2D eigenvalue weighted by molar-refractivity contribution is 6.29. The lowest BCUT2D eigenvalue weighted by atomic mass is 10.2. The maximum atomic E-state index is 11.6. The first-order valence-electron chi connectivity index (χ1n) is 9.25. The van der Waals surface area contributed by atoms with E-state index in [4.69, 9.17) is 21.1 Å². The van der Waals surface area contributed by atoms with Gasteiger partial charge in [-0.2, -0.15) is 0 Å². The molecular formula is C20H15ClN4O5. The van der Waals surface area contributed by atoms with Crippen molar-refractivity contribution in [2.75, 3.05) is 13.2 Å². The van der Waals surface area contributed by atoms with Gasteiger partial charge in [0.1, 0.15) is 13.2 Å². The van der Waals surface area contributed by atoms with Crippen LogP contribution in [0.5, 0.6) is 0 Å². The molecule has 4 aromatic rings. The van der Waals surface area contributed by atoms with Crippen molar-refractivity contribution in [2.24, 2.45) is 0 Å². The van der Waals surface area contributed by atoms with Crippen molar-refractivity contribution < 1.29 is 19.1 Å². The van der Waals surface area contributed by atoms with Crippen molar-refractivity contribution >= 4 is 45.6 Å². The number of aromatic amines is 1. The molecule has 2 aliphatic rings. The molecule has 0 aliphatic carbocycles. The van der Waals surface area contributed by atoms with E-state index in [1.54, 1.807) is 34.9 Å². The number of hydrogen-bond donors (Lipinski definition) is 1. The van der Waals surface area contributed by atoms with Gasteiger partial charge < -0.3 is 19.0 Å². The van der Waals surface area contributed by atoms with E-state index < -0.39 is 0 Å². The van der Waals surface area contributed by atoms with Crippen LogP contribution in [0.15, 0.2) is 41.2 Å². The number of esters is 2. The van der Waals surface area contributed by atoms with E-state index in [1.165, 1.54) is 4.57 Å². The Hall–Kier alpha value is -3.59. The molecule has 0 radical (unpaired) electrons. The number of carbonyl (C=O) groups excluding carboxylic acids is 2. The van der Waals surface area contributed by atoms with Crippen molar-refractivity contribution in [2.45, 2.75) is 13.1 Å². The molecule has 0 amide bonds. The van der Waals surface area contributed by atoms with E-state index in [2.05, 4.69) is 9.97 Å². The summed E-state index contributed by atoms with van der Waals surface area (Å²) in [6.45, 7) is 1.53. The minimum absolute atomic E-state index is 0.198. The van der Waals surface area contributed by atoms with Gasteiger partial charge in [-0.05, 0) is 35.9 Å². The number of ether oxygens (including phenoxy) is 2. The van der Waals surface area contributed by atoms with Crippen LogP contribution in [-0.2, 0) is 22.6 Å². The minimum Gasteiger partial charge on any atom is -0.460 e. The molecule has 0 spiro atoms. The lowest BCUT2D eigenvalue weighted by molar-refractivity contribution is 0.0496. The molecule has 0 unspecified atom stereocenters. The van der Waals surface area contributed by atoms with Gasteiger partial charge in [0.05, 0.1) is 46.3 Å². The summed E-state index contributed by atoms with van der Waals surface area (Å²) in [4.78, 5) is 41.6. The highest BCUT2D eigenvalue weighted by atomic mass is 35.5. The fourth-order valence-electron chi connectivity index (χ4n) is 3.74. The largest absolute Gasteiger partial charge is 0.460 e. The molecule has 2 aromatic heterocycles. The predicted octanol–water partition coefficient (Wildman–Crippen LogP) is 2.36. The number of para-hydroxylation sites is 2. The third kappa shape index (κ3) is 2.86. The highest BCUT2D eigenvalue weighted by Gasteiger charge is 2.22. The second-order valence-electron chi connectivity index (χ2n) is 6.76. The van der Waals surface area contributed by atoms with Gasteiger partial charge in [-0.3, -0.25) is 4.57 Å². The van der Waals surface area contributed by atoms with Crippen LogP contribution in [-0.4, -0.2) is 44.3 Å². The normalized spacial score (nSPS) is 15.1. The van der Waals surface area contributed by atoms with Crippen LogP contribution in [0.1, 0.15) is 20.7 Å². The van der Waals surface area contributed by atoms with Crippen LogP contribution in [0, 0.1) is 0 Å². The molecule has 0 bridgehead atoms. The zero-order valence-electron chi connectivity index (χ0n) is 15.6. The first kappa shape index (κ1) is 18.4. The van der Waals surface area contributed by atoms with Crippen LogP contribution in [0.4, 0.5) is 0 Å². The summed E-state index contributed by atoms with van der Waals surface area (Å²) in [7, 11) is 0. The van der Waals surface area contributed by atoms with Crippen molar-refractivity contribution in [1.82, 2.24) is 19.1 Å². The van der Waals surface area contributed by atoms with E-state index in [0.717, 1.165) is 11.0 Å². The Morgan fingerprint density at radius 1 is 0.867 bits per heavy atom. The molecule has 0 saturated heterocycles. The number of cyclic esters (lactones) is 2. The summed E-state index contributed by atoms with van der Waals surface area (Å²) >= 11 is 5.98. The summed E-state index contributed by atoms with van der Waals surface area (Å²) in [5, 5.41) is 0.399. The minimum atomic E-state index is -0.370. The maximum Gasteiger partial charge on any atom is 0.340 e. The van der Waals surface area contributed by atoms with Gasteiger partial charge in [0.25, 0.3) is 0 Å². The van der Waals surface area contributed by atoms with E-state index >= 15 is 0 Å². The monoisotopic (exact) mass is 426 g/mol. The maximum absolute atomic E-state index is 11.6. The lowest BCUT2D eigenvalue weighted by Crippen LogP contribution is -2.18. The Morgan fingerprint density at radius 2 is 1.50 bits per heavy atom. The molecule has 0 atom stereocenters. The predicted molar refractivity (Wildman–Crippen MR) is 108 cm³/mol. The summed E-state index contributed by atoms with van der Waals surface area (Å²) in [5.41, 5.74) is 3.60. The van der Waals surface area contributed by atoms with Crippen LogP contribution in [0.3, 0.4) is 0 Å². The number of nitrogens with one attached hydrogen (secondary N) is 1. The van der Waals surface area contributed by atoms with Crippen LogP contribution >= 0.6 is 11.6 Å². The molecule has 2 aliphatic heterocycles. The second kappa shape index (κ2) is 7.03. The molecule has 0 fully saturated rings. The topological polar surface area (TPSA) is 108 Å². The molecule has 1 N–H and O–H groups in total. The molecule has 6 rings (SSSR count). The van der Waals surface area contributed by atoms with Gasteiger partial charge in [0, 0.05) is 0 Å². The number of hydrogen-bond acceptors (Lipinski definition) is 6. The van der Waals surface area contributed by atoms with Gasteiger partial charge in [-0.15, -0.1) is 0 Å². The Kier molecular flexibility index (Phi) is 4.32. The summed E-state index contributed by atoms with van der Waals surface area (Å²) in [6.07, 6.45) is 0. The summed E-state index contributed by atoms with van der Waals surface area (Å²) in [6, 6.07) is 10.5. The van der Waals surface area contributed by atoms with Crippen LogP contribution in [0.25, 0.3) is 22.1 Å². The zero-order valence-corrected chi connectivity index (χ0v) is 16.3. The molecule has 10 heteroatoms. The second-order valence-corrected chi connectivity index (χ2v) is 7.10. The van der Waals surface area contributed by atoms with Gasteiger partial charge in [-0.25, -0.2) is 19.4 Å². The van der Waals surface area contributed by atoms with Crippen molar-refractivity contribution in [3.8, 4) is 0 Å². The first-order valence-corrected chi connectivity index (χ1v) is 9.63. The van der Waals surface area contributed by atoms with E-state index in [9.17, 15) is 14.4 Å². The van der Waals surface area contributed by atoms with Gasteiger partial charge in [0.15, 0.2) is 0 Å². The molecule has 9 nitrogen and oxygen atoms in total. The molecule has 0 saturated carbocycles. The summed E-state index contributed by atoms with van der Waals surface area (Å²) < 4.78 is 13.4. The Balaban J connectivity index is 0.000000128. The molecule has 4 heterocycles. The fraction of sp³-hybridized carbons (Fsp3) is 0.200. The zero-order chi connectivity index (χ0) is 20.8. The van der Waals surface area contributed by atoms with E-state index in [-0.39, 0.29) is 24.2 Å². The number of halogens is 1. The average molecular weight is 427 g/mol. The lowest BCUT2D eigenvalue weighted by Gasteiger charge is -1.99. The number of aromatic nitrogens is 4. The molecule has 30 heavy (non-hydrogen) atoms. The van der Waals surface area contributed by atoms with E-state index in [1.807, 2.05) is 6.07 Å². The number of carbonyl (C=O) groups is 2. The molecule has 2 aromatic carbocycles. The van der Waals surface area contributed by atoms with Crippen molar-refractivity contribution in [1.29, 1.82) is 0 Å². The van der Waals surface area contributed by atoms with E-state index in [0.29, 0.717) is 47.1 Å². The highest BCUT2D eigenvalue weighted by Crippen LogP contribution is 2.25. The van der Waals surface area contributed by atoms with Gasteiger partial charge >= 0.3 is 17.6 Å². The average Bonchev–Trinajstić information content (AvgIpc) is 3.08. The third-order valence-corrected chi connectivity index (χ3v) is 5.34. The Labute approximate surface area is 173 Å². The first-order chi connectivity index (χ1) is 14.5. The van der Waals surface area contributed by atoms with Gasteiger partial charge in [0.2, 0.25) is 5.28 Å². The number of benzene rings is 2. The number of H-pyrrole nitrogens is 1. The van der Waals surface area contributed by atoms with Gasteiger partial charge in [-0.1, -0.05) is 12.1 Å². The SMILES string of the molecule is O=C1OCCn2c(=O)[nH]c3cccc1c32.O=C1OCCn2c(Cl)nc3cccc1c32. The number of rotatable bonds is 0. The van der Waals surface area contributed by atoms with Crippen molar-refractivity contribution in [3.05, 3.63) is 63.3 Å². The Bertz CT molecular complexity index is 1380. The third-order valence-electron chi connectivity index (χ3n) is 5.05. The number of nitrogens with zero attached hydrogens (tertiary/aromatic N) is 3. The standard InChI is InChI=1S/C10H7ClN2O2.C10H8N2O3/c11-10-12-7-3-1-2-6-8(7)13(10)4-5-15-9(6)14;13-9-6-2-1-3-7-8(6)12(4-5-15-9)10(14)11-7/h1-3H,4-5H2;1-3H,4-5H2,(H,11,14). The smallest absolute Gasteiger partial charge is 0.340 e. The fourth-order valence-corrected chi connectivity index (χ4v) is 4.00. The summed E-state index contributed by atoms with van der Waals surface area (Å²) in [5.74, 6) is -0.679. The Morgan fingerprint density at radius 3 is 2.23 bits per heavy atom. The van der Waals surface area contributed by atoms with Crippen molar-refractivity contribution in [3.63, 3.8) is 0 Å². The van der Waals surface area contributed by atoms with Crippen LogP contribution in [0.2, 0.25) is 5.28 Å².